The smallest absolute Gasteiger partial charge is 0.326 e. The van der Waals surface area contributed by atoms with Crippen LogP contribution in [0.4, 0.5) is 0 Å². The van der Waals surface area contributed by atoms with Crippen LogP contribution in [0.1, 0.15) is 84.9 Å². The summed E-state index contributed by atoms with van der Waals surface area (Å²) < 4.78 is 0. The van der Waals surface area contributed by atoms with Crippen LogP contribution in [0.2, 0.25) is 0 Å². The molecule has 504 valence electrons. The number of amides is 9. The van der Waals surface area contributed by atoms with E-state index >= 15 is 4.79 Å². The fourth-order valence-electron chi connectivity index (χ4n) is 11.9. The number of carboxylic acids is 1. The molecule has 22 N–H and O–H groups in total. The Balaban J connectivity index is 1.03. The van der Waals surface area contributed by atoms with E-state index in [1.165, 1.54) is 26.0 Å². The second-order valence-electron chi connectivity index (χ2n) is 23.2. The molecule has 10 atom stereocenters. The van der Waals surface area contributed by atoms with E-state index in [0.717, 1.165) is 10.5 Å². The molecule has 0 unspecified atom stereocenters. The fourth-order valence-corrected chi connectivity index (χ4v) is 12.7. The van der Waals surface area contributed by atoms with E-state index in [1.54, 1.807) is 66.0 Å². The number of nitrogens with zero attached hydrogens (tertiary/aromatic N) is 7. The molecule has 0 spiro atoms. The number of carboxylic acid groups (broad SMARTS) is 1. The third-order valence-corrected chi connectivity index (χ3v) is 17.6. The van der Waals surface area contributed by atoms with E-state index < -0.39 is 133 Å². The zero-order chi connectivity index (χ0) is 67.5. The second-order valence-corrected chi connectivity index (χ2v) is 24.2. The van der Waals surface area contributed by atoms with Crippen molar-refractivity contribution < 1.29 is 63.3 Å². The number of aliphatic hydroxyl groups is 2. The van der Waals surface area contributed by atoms with Crippen molar-refractivity contribution in [2.75, 3.05) is 45.9 Å². The van der Waals surface area contributed by atoms with Gasteiger partial charge in [0.05, 0.1) is 25.3 Å². The summed E-state index contributed by atoms with van der Waals surface area (Å²) in [6.45, 7) is -1.50. The maximum Gasteiger partial charge on any atom is 0.326 e. The van der Waals surface area contributed by atoms with Crippen LogP contribution in [-0.2, 0) is 80.3 Å². The van der Waals surface area contributed by atoms with Crippen molar-refractivity contribution in [2.24, 2.45) is 55.1 Å². The average molecular weight is 1310 g/mol. The Morgan fingerprint density at radius 3 is 1.70 bits per heavy atom. The summed E-state index contributed by atoms with van der Waals surface area (Å²) in [5, 5.41) is 46.9. The first-order chi connectivity index (χ1) is 44.4. The van der Waals surface area contributed by atoms with E-state index in [9.17, 15) is 58.5 Å². The number of rotatable bonds is 30. The molecule has 93 heavy (non-hydrogen) atoms. The molecule has 3 aromatic rings. The molecule has 2 saturated heterocycles. The second kappa shape index (κ2) is 33.7. The molecule has 4 aliphatic rings. The van der Waals surface area contributed by atoms with Crippen LogP contribution in [-0.4, -0.2) is 218 Å². The van der Waals surface area contributed by atoms with Crippen LogP contribution < -0.4 is 66.7 Å². The molecule has 2 fully saturated rings. The largest absolute Gasteiger partial charge is 0.480 e. The van der Waals surface area contributed by atoms with Gasteiger partial charge in [0.1, 0.15) is 48.3 Å². The lowest BCUT2D eigenvalue weighted by molar-refractivity contribution is -0.154. The molecule has 2 aromatic carbocycles. The van der Waals surface area contributed by atoms with Crippen molar-refractivity contribution in [1.29, 1.82) is 0 Å². The summed E-state index contributed by atoms with van der Waals surface area (Å²) in [5.41, 5.74) is 41.7. The number of carbonyl (C=O) groups excluding carboxylic acids is 9. The number of benzene rings is 2. The highest BCUT2D eigenvalue weighted by Gasteiger charge is 2.48. The van der Waals surface area contributed by atoms with Gasteiger partial charge in [-0.2, -0.15) is 0 Å². The number of hydrogen-bond donors (Lipinski definition) is 15. The Bertz CT molecular complexity index is 3270. The van der Waals surface area contributed by atoms with Crippen LogP contribution in [0.3, 0.4) is 0 Å². The number of nitrogens with one attached hydrogen (secondary N) is 5. The highest BCUT2D eigenvalue weighted by Crippen LogP contribution is 2.31. The van der Waals surface area contributed by atoms with E-state index in [4.69, 9.17) is 40.1 Å². The predicted octanol–water partition coefficient (Wildman–Crippen LogP) is -5.23. The number of thiophene rings is 1. The molecule has 1 aromatic heterocycles. The van der Waals surface area contributed by atoms with Gasteiger partial charge >= 0.3 is 5.97 Å². The van der Waals surface area contributed by atoms with Crippen molar-refractivity contribution in [3.8, 4) is 0 Å². The third-order valence-electron chi connectivity index (χ3n) is 16.7. The SMILES string of the molecule is NC(N)=NCCC[C@@H](N)C(=O)N[C@@H](CCCN=C(N)N)C(=O)N1CCC[C@H]1C(=O)N1CC[C@H](O)[C@H]1C(=O)NCC(=O)N[C@@H](Cc1cccs1)C(=O)N[C@@H](CO)C(=O)N1Cc2ccccc2C[C@@H]1C(=O)N1Cc2ccccc2C[C@H]1C(=O)N[C@@H](CCCN=C(N)N)C(=O)O. The van der Waals surface area contributed by atoms with Crippen molar-refractivity contribution in [3.05, 3.63) is 93.2 Å². The molecule has 0 saturated carbocycles. The molecule has 33 heteroatoms. The summed E-state index contributed by atoms with van der Waals surface area (Å²) in [5.74, 6) is -8.72. The molecule has 0 radical (unpaired) electrons. The number of guanidine groups is 3. The summed E-state index contributed by atoms with van der Waals surface area (Å²) in [4.78, 5) is 159. The van der Waals surface area contributed by atoms with E-state index in [2.05, 4.69) is 41.6 Å². The Hall–Kier alpha value is -9.47. The maximum absolute atomic E-state index is 15.3. The van der Waals surface area contributed by atoms with E-state index in [1.807, 2.05) is 0 Å². The first-order valence-corrected chi connectivity index (χ1v) is 31.6. The van der Waals surface area contributed by atoms with Crippen molar-refractivity contribution >= 4 is 88.3 Å². The van der Waals surface area contributed by atoms with E-state index in [-0.39, 0.29) is 128 Å². The highest BCUT2D eigenvalue weighted by atomic mass is 32.1. The van der Waals surface area contributed by atoms with Crippen molar-refractivity contribution in [1.82, 2.24) is 46.2 Å². The summed E-state index contributed by atoms with van der Waals surface area (Å²) in [6, 6.07) is 5.77. The first kappa shape index (κ1) is 71.0. The first-order valence-electron chi connectivity index (χ1n) is 30.8. The van der Waals surface area contributed by atoms with E-state index in [0.29, 0.717) is 34.4 Å². The van der Waals surface area contributed by atoms with Crippen LogP contribution in [0.15, 0.2) is 81.0 Å². The van der Waals surface area contributed by atoms with Crippen LogP contribution in [0.5, 0.6) is 0 Å². The van der Waals surface area contributed by atoms with Gasteiger partial charge in [0, 0.05) is 70.0 Å². The van der Waals surface area contributed by atoms with Gasteiger partial charge in [-0.15, -0.1) is 11.3 Å². The van der Waals surface area contributed by atoms with Crippen molar-refractivity contribution in [3.63, 3.8) is 0 Å². The lowest BCUT2D eigenvalue weighted by atomic mass is 9.89. The number of fused-ring (bicyclic) bond motifs is 2. The maximum atomic E-state index is 15.3. The molecule has 0 aliphatic carbocycles. The summed E-state index contributed by atoms with van der Waals surface area (Å²) in [6.07, 6.45) is 0.0307. The summed E-state index contributed by atoms with van der Waals surface area (Å²) >= 11 is 1.26. The predicted molar refractivity (Wildman–Crippen MR) is 341 cm³/mol. The zero-order valence-electron chi connectivity index (χ0n) is 51.5. The molecule has 7 rings (SSSR count). The number of hydrogen-bond acceptors (Lipinski definition) is 17. The standard InChI is InChI=1S/C60H85N19O13S/c61-38(15-5-20-68-58(62)63)49(83)73-39(16-6-21-69-59(64)65)53(87)76-23-8-18-43(76)55(89)77-24-19-46(81)48(77)52(86)71-29-47(82)72-41(28-37-14-9-25-93-37)50(84)75-42(32-80)54(88)79-31-36-13-4-2-11-34(36)27-45(79)56(90)78-30-35-12-3-1-10-33(35)26-44(78)51(85)74-40(57(91)92)17-7-22-70-60(66)67/h1-4,9-14,25,38-46,48,80-81H,5-8,15-24,26-32,61H2,(H,71,86)(H,72,82)(H,73,83)(H,74,85)(H,75,84)(H,91,92)(H4,62,63,68)(H4,64,65,69)(H4,66,67,70)/t38-,39+,40+,41+,42+,43+,44+,45-,46+,48+/m1/s1. The van der Waals surface area contributed by atoms with Gasteiger partial charge in [0.25, 0.3) is 0 Å². The minimum Gasteiger partial charge on any atom is -0.480 e. The average Bonchev–Trinajstić information content (AvgIpc) is 1.83. The highest BCUT2D eigenvalue weighted by molar-refractivity contribution is 7.09. The Morgan fingerprint density at radius 1 is 0.570 bits per heavy atom. The monoisotopic (exact) mass is 1310 g/mol. The molecule has 0 bridgehead atoms. The number of likely N-dealkylation sites (tertiary alicyclic amines) is 2. The molecular weight excluding hydrogens is 1230 g/mol. The third kappa shape index (κ3) is 19.3. The Morgan fingerprint density at radius 2 is 1.12 bits per heavy atom. The van der Waals surface area contributed by atoms with Crippen molar-refractivity contribution in [2.45, 2.75) is 151 Å². The Kier molecular flexibility index (Phi) is 25.7. The van der Waals surface area contributed by atoms with Gasteiger partial charge in [-0.1, -0.05) is 54.6 Å². The normalized spacial score (nSPS) is 19.8. The van der Waals surface area contributed by atoms with Gasteiger partial charge in [-0.05, 0) is 91.5 Å². The minimum absolute atomic E-state index is 0.00459. The lowest BCUT2D eigenvalue weighted by Crippen LogP contribution is -2.63. The number of carbonyl (C=O) groups is 10. The lowest BCUT2D eigenvalue weighted by Gasteiger charge is -2.43. The summed E-state index contributed by atoms with van der Waals surface area (Å²) in [7, 11) is 0. The quantitative estimate of drug-likeness (QED) is 0.0168. The molecule has 5 heterocycles. The van der Waals surface area contributed by atoms with Gasteiger partial charge < -0.3 is 102 Å². The van der Waals surface area contributed by atoms with Gasteiger partial charge in [-0.25, -0.2) is 4.79 Å². The Labute approximate surface area is 540 Å². The molecule has 32 nitrogen and oxygen atoms in total. The van der Waals surface area contributed by atoms with Crippen LogP contribution in [0.25, 0.3) is 0 Å². The number of aliphatic imine (C=N–C) groups is 3. The van der Waals surface area contributed by atoms with Gasteiger partial charge in [0.2, 0.25) is 53.2 Å². The van der Waals surface area contributed by atoms with Gasteiger partial charge in [-0.3, -0.25) is 58.1 Å². The minimum atomic E-state index is -1.70. The fraction of sp³-hybridized carbons (Fsp3) is 0.517. The van der Waals surface area contributed by atoms with Gasteiger partial charge in [0.15, 0.2) is 17.9 Å². The molecule has 4 aliphatic heterocycles. The number of nitrogens with two attached hydrogens (primary N) is 7. The number of aliphatic carboxylic acids is 1. The van der Waals surface area contributed by atoms with Crippen LogP contribution >= 0.6 is 11.3 Å². The zero-order valence-corrected chi connectivity index (χ0v) is 52.3. The molecule has 9 amide bonds. The molecular formula is C60H85N19O13S. The number of aliphatic hydroxyl groups excluding tert-OH is 2. The van der Waals surface area contributed by atoms with Crippen LogP contribution in [0, 0.1) is 0 Å². The topological polar surface area (TPSA) is 524 Å².